The number of hydrogen-bond acceptors (Lipinski definition) is 3. The van der Waals surface area contributed by atoms with Gasteiger partial charge < -0.3 is 5.32 Å². The highest BCUT2D eigenvalue weighted by Crippen LogP contribution is 2.33. The van der Waals surface area contributed by atoms with Crippen LogP contribution in [0.5, 0.6) is 0 Å². The molecule has 2 nitrogen and oxygen atoms in total. The van der Waals surface area contributed by atoms with Gasteiger partial charge in [-0.25, -0.2) is 0 Å². The van der Waals surface area contributed by atoms with Gasteiger partial charge in [-0.2, -0.15) is 18.4 Å². The minimum absolute atomic E-state index is 0.306. The molecule has 1 aromatic carbocycles. The Bertz CT molecular complexity index is 658. The van der Waals surface area contributed by atoms with Gasteiger partial charge in [-0.15, -0.1) is 11.3 Å². The molecule has 0 unspecified atom stereocenters. The third-order valence-corrected chi connectivity index (χ3v) is 3.77. The van der Waals surface area contributed by atoms with Crippen LogP contribution in [0, 0.1) is 11.3 Å². The lowest BCUT2D eigenvalue weighted by molar-refractivity contribution is -0.137. The molecule has 0 saturated carbocycles. The molecule has 1 N–H and O–H groups in total. The van der Waals surface area contributed by atoms with E-state index in [9.17, 15) is 13.2 Å². The van der Waals surface area contributed by atoms with Crippen LogP contribution in [0.3, 0.4) is 0 Å². The number of rotatable bonds is 3. The molecule has 1 aromatic heterocycles. The summed E-state index contributed by atoms with van der Waals surface area (Å²) < 4.78 is 39.0. The Labute approximate surface area is 122 Å². The summed E-state index contributed by atoms with van der Waals surface area (Å²) in [6, 6.07) is 8.61. The van der Waals surface area contributed by atoms with E-state index in [-0.39, 0.29) is 5.56 Å². The van der Waals surface area contributed by atoms with Crippen LogP contribution in [0.2, 0.25) is 4.34 Å². The van der Waals surface area contributed by atoms with E-state index in [1.807, 2.05) is 0 Å². The maximum Gasteiger partial charge on any atom is 0.417 e. The standard InChI is InChI=1S/C13H8ClF3N2S/c14-12-4-3-10(20-12)7-19-9-2-1-8(6-18)11(5-9)13(15,16)17/h1-5,19H,7H2. The Morgan fingerprint density at radius 3 is 2.55 bits per heavy atom. The third-order valence-electron chi connectivity index (χ3n) is 2.54. The van der Waals surface area contributed by atoms with Gasteiger partial charge >= 0.3 is 6.18 Å². The summed E-state index contributed by atoms with van der Waals surface area (Å²) in [7, 11) is 0. The minimum atomic E-state index is -4.55. The maximum absolute atomic E-state index is 12.8. The van der Waals surface area contributed by atoms with Gasteiger partial charge in [0.25, 0.3) is 0 Å². The first-order valence-electron chi connectivity index (χ1n) is 5.49. The number of nitrogens with zero attached hydrogens (tertiary/aromatic N) is 1. The summed E-state index contributed by atoms with van der Waals surface area (Å²) in [4.78, 5) is 0.910. The van der Waals surface area contributed by atoms with E-state index in [1.165, 1.54) is 17.4 Å². The molecule has 0 radical (unpaired) electrons. The lowest BCUT2D eigenvalue weighted by Gasteiger charge is -2.11. The predicted octanol–water partition coefficient (Wildman–Crippen LogP) is 4.90. The molecule has 0 atom stereocenters. The molecule has 0 saturated heterocycles. The van der Waals surface area contributed by atoms with Gasteiger partial charge in [0.2, 0.25) is 0 Å². The van der Waals surface area contributed by atoms with Gasteiger partial charge in [0.15, 0.2) is 0 Å². The van der Waals surface area contributed by atoms with Crippen molar-refractivity contribution in [1.29, 1.82) is 5.26 Å². The van der Waals surface area contributed by atoms with Crippen LogP contribution < -0.4 is 5.32 Å². The summed E-state index contributed by atoms with van der Waals surface area (Å²) in [5, 5.41) is 11.6. The molecule has 7 heteroatoms. The molecule has 0 fully saturated rings. The van der Waals surface area contributed by atoms with Crippen molar-refractivity contribution in [2.24, 2.45) is 0 Å². The van der Waals surface area contributed by atoms with Gasteiger partial charge in [0.1, 0.15) is 0 Å². The highest BCUT2D eigenvalue weighted by atomic mass is 35.5. The first kappa shape index (κ1) is 14.7. The lowest BCUT2D eigenvalue weighted by atomic mass is 10.1. The topological polar surface area (TPSA) is 35.8 Å². The van der Waals surface area contributed by atoms with Crippen molar-refractivity contribution in [1.82, 2.24) is 0 Å². The smallest absolute Gasteiger partial charge is 0.380 e. The van der Waals surface area contributed by atoms with Gasteiger partial charge in [-0.1, -0.05) is 11.6 Å². The predicted molar refractivity (Wildman–Crippen MR) is 72.8 cm³/mol. The zero-order valence-corrected chi connectivity index (χ0v) is 11.5. The average molecular weight is 317 g/mol. The second-order valence-electron chi connectivity index (χ2n) is 3.93. The van der Waals surface area contributed by atoms with Crippen LogP contribution in [-0.2, 0) is 12.7 Å². The molecule has 2 rings (SSSR count). The molecule has 20 heavy (non-hydrogen) atoms. The summed E-state index contributed by atoms with van der Waals surface area (Å²) in [5.41, 5.74) is -1.02. The second kappa shape index (κ2) is 5.73. The lowest BCUT2D eigenvalue weighted by Crippen LogP contribution is -2.09. The molecular formula is C13H8ClF3N2S. The summed E-state index contributed by atoms with van der Waals surface area (Å²) in [5.74, 6) is 0. The number of halogens is 4. The fourth-order valence-corrected chi connectivity index (χ4v) is 2.65. The Morgan fingerprint density at radius 2 is 2.00 bits per heavy atom. The number of benzene rings is 1. The van der Waals surface area contributed by atoms with Gasteiger partial charge in [0.05, 0.1) is 21.5 Å². The van der Waals surface area contributed by atoms with E-state index in [4.69, 9.17) is 16.9 Å². The van der Waals surface area contributed by atoms with Crippen LogP contribution in [0.1, 0.15) is 16.0 Å². The average Bonchev–Trinajstić information content (AvgIpc) is 2.81. The van der Waals surface area contributed by atoms with E-state index in [0.29, 0.717) is 16.6 Å². The minimum Gasteiger partial charge on any atom is -0.380 e. The fourth-order valence-electron chi connectivity index (χ4n) is 1.62. The zero-order chi connectivity index (χ0) is 14.8. The van der Waals surface area contributed by atoms with Crippen molar-refractivity contribution >= 4 is 28.6 Å². The normalized spacial score (nSPS) is 11.2. The Morgan fingerprint density at radius 1 is 1.25 bits per heavy atom. The first-order valence-corrected chi connectivity index (χ1v) is 6.69. The Hall–Kier alpha value is -1.71. The highest BCUT2D eigenvalue weighted by molar-refractivity contribution is 7.16. The molecule has 2 aromatic rings. The molecule has 0 aliphatic carbocycles. The van der Waals surface area contributed by atoms with Gasteiger partial charge in [-0.05, 0) is 30.3 Å². The molecule has 0 spiro atoms. The summed E-state index contributed by atoms with van der Waals surface area (Å²) >= 11 is 7.13. The maximum atomic E-state index is 12.8. The Kier molecular flexibility index (Phi) is 4.21. The van der Waals surface area contributed by atoms with Crippen LogP contribution in [-0.4, -0.2) is 0 Å². The number of alkyl halides is 3. The van der Waals surface area contributed by atoms with Gasteiger partial charge in [-0.3, -0.25) is 0 Å². The number of nitrogens with one attached hydrogen (secondary N) is 1. The van der Waals surface area contributed by atoms with E-state index >= 15 is 0 Å². The number of thiophene rings is 1. The van der Waals surface area contributed by atoms with Crippen molar-refractivity contribution in [3.63, 3.8) is 0 Å². The van der Waals surface area contributed by atoms with Crippen molar-refractivity contribution in [2.75, 3.05) is 5.32 Å². The van der Waals surface area contributed by atoms with E-state index < -0.39 is 11.7 Å². The molecule has 0 aliphatic rings. The monoisotopic (exact) mass is 316 g/mol. The molecule has 0 bridgehead atoms. The third kappa shape index (κ3) is 3.44. The quantitative estimate of drug-likeness (QED) is 0.873. The van der Waals surface area contributed by atoms with E-state index in [0.717, 1.165) is 17.0 Å². The molecule has 0 aliphatic heterocycles. The van der Waals surface area contributed by atoms with Crippen LogP contribution in [0.25, 0.3) is 0 Å². The highest BCUT2D eigenvalue weighted by Gasteiger charge is 2.33. The number of anilines is 1. The summed E-state index contributed by atoms with van der Waals surface area (Å²) in [6.45, 7) is 0.376. The van der Waals surface area contributed by atoms with Crippen LogP contribution >= 0.6 is 22.9 Å². The van der Waals surface area contributed by atoms with Crippen LogP contribution in [0.4, 0.5) is 18.9 Å². The zero-order valence-electron chi connectivity index (χ0n) is 9.96. The van der Waals surface area contributed by atoms with E-state index in [1.54, 1.807) is 18.2 Å². The summed E-state index contributed by atoms with van der Waals surface area (Å²) in [6.07, 6.45) is -4.55. The van der Waals surface area contributed by atoms with Crippen molar-refractivity contribution in [3.8, 4) is 6.07 Å². The van der Waals surface area contributed by atoms with Gasteiger partial charge in [0, 0.05) is 17.1 Å². The van der Waals surface area contributed by atoms with Crippen molar-refractivity contribution in [3.05, 3.63) is 50.7 Å². The van der Waals surface area contributed by atoms with E-state index in [2.05, 4.69) is 5.32 Å². The molecule has 0 amide bonds. The van der Waals surface area contributed by atoms with Crippen molar-refractivity contribution < 1.29 is 13.2 Å². The molecular weight excluding hydrogens is 309 g/mol. The van der Waals surface area contributed by atoms with Crippen LogP contribution in [0.15, 0.2) is 30.3 Å². The molecule has 1 heterocycles. The second-order valence-corrected chi connectivity index (χ2v) is 5.73. The Balaban J connectivity index is 2.19. The fraction of sp³-hybridized carbons (Fsp3) is 0.154. The largest absolute Gasteiger partial charge is 0.417 e. The SMILES string of the molecule is N#Cc1ccc(NCc2ccc(Cl)s2)cc1C(F)(F)F. The number of nitriles is 1. The van der Waals surface area contributed by atoms with Crippen molar-refractivity contribution in [2.45, 2.75) is 12.7 Å². The number of hydrogen-bond donors (Lipinski definition) is 1. The molecule has 104 valence electrons. The first-order chi connectivity index (χ1) is 9.40.